The molecule has 1 rings (SSSR count). The Morgan fingerprint density at radius 3 is 2.64 bits per heavy atom. The number of amides is 1. The van der Waals surface area contributed by atoms with E-state index in [0.29, 0.717) is 5.69 Å². The number of hydrogen-bond donors (Lipinski definition) is 3. The summed E-state index contributed by atoms with van der Waals surface area (Å²) in [6.07, 6.45) is 2.87. The van der Waals surface area contributed by atoms with Gasteiger partial charge in [-0.25, -0.2) is 0 Å². The van der Waals surface area contributed by atoms with Gasteiger partial charge in [0.2, 0.25) is 5.91 Å². The lowest BCUT2D eigenvalue weighted by Gasteiger charge is -2.17. The van der Waals surface area contributed by atoms with Crippen molar-refractivity contribution in [1.82, 2.24) is 10.2 Å². The average molecular weight is 197 g/mol. The molecular formula is C8H11N3O3. The number of anilines is 1. The van der Waals surface area contributed by atoms with Gasteiger partial charge in [0.05, 0.1) is 11.9 Å². The van der Waals surface area contributed by atoms with E-state index in [1.54, 1.807) is 0 Å². The minimum Gasteiger partial charge on any atom is -0.480 e. The molecule has 1 heterocycles. The van der Waals surface area contributed by atoms with Crippen molar-refractivity contribution in [3.63, 3.8) is 0 Å². The van der Waals surface area contributed by atoms with Gasteiger partial charge in [-0.1, -0.05) is 0 Å². The van der Waals surface area contributed by atoms with Gasteiger partial charge in [-0.3, -0.25) is 14.7 Å². The van der Waals surface area contributed by atoms with Crippen LogP contribution in [-0.2, 0) is 9.59 Å². The monoisotopic (exact) mass is 197 g/mol. The predicted molar refractivity (Wildman–Crippen MR) is 48.6 cm³/mol. The first-order chi connectivity index (χ1) is 6.44. The van der Waals surface area contributed by atoms with Crippen molar-refractivity contribution in [1.29, 1.82) is 0 Å². The van der Waals surface area contributed by atoms with Crippen molar-refractivity contribution < 1.29 is 14.7 Å². The SMILES string of the molecule is CC(C)(C(=O)O)C(=O)Nc1cn[nH]c1. The number of nitrogens with one attached hydrogen (secondary N) is 2. The Morgan fingerprint density at radius 1 is 1.57 bits per heavy atom. The van der Waals surface area contributed by atoms with Crippen LogP contribution >= 0.6 is 0 Å². The highest BCUT2D eigenvalue weighted by molar-refractivity contribution is 6.07. The third-order valence-corrected chi connectivity index (χ3v) is 1.86. The summed E-state index contributed by atoms with van der Waals surface area (Å²) in [4.78, 5) is 22.1. The van der Waals surface area contributed by atoms with Crippen LogP contribution in [0.25, 0.3) is 0 Å². The molecule has 1 aromatic heterocycles. The standard InChI is InChI=1S/C8H11N3O3/c1-8(2,7(13)14)6(12)11-5-3-9-10-4-5/h3-4H,1-2H3,(H,9,10)(H,11,12)(H,13,14). The highest BCUT2D eigenvalue weighted by Crippen LogP contribution is 2.17. The summed E-state index contributed by atoms with van der Waals surface area (Å²) < 4.78 is 0. The fourth-order valence-corrected chi connectivity index (χ4v) is 0.704. The van der Waals surface area contributed by atoms with Gasteiger partial charge in [0, 0.05) is 6.20 Å². The second-order valence-electron chi connectivity index (χ2n) is 3.37. The zero-order valence-electron chi connectivity index (χ0n) is 7.87. The Kier molecular flexibility index (Phi) is 2.55. The van der Waals surface area contributed by atoms with Gasteiger partial charge < -0.3 is 10.4 Å². The number of rotatable bonds is 3. The van der Waals surface area contributed by atoms with Gasteiger partial charge in [-0.05, 0) is 13.8 Å². The zero-order chi connectivity index (χ0) is 10.8. The van der Waals surface area contributed by atoms with E-state index in [-0.39, 0.29) is 0 Å². The molecule has 0 saturated carbocycles. The lowest BCUT2D eigenvalue weighted by molar-refractivity contribution is -0.151. The molecular weight excluding hydrogens is 186 g/mol. The molecule has 6 nitrogen and oxygen atoms in total. The van der Waals surface area contributed by atoms with Gasteiger partial charge in [0.15, 0.2) is 0 Å². The number of hydrogen-bond acceptors (Lipinski definition) is 3. The van der Waals surface area contributed by atoms with Crippen LogP contribution in [0.15, 0.2) is 12.4 Å². The maximum atomic E-state index is 11.4. The summed E-state index contributed by atoms with van der Waals surface area (Å²) in [5.74, 6) is -1.75. The first-order valence-electron chi connectivity index (χ1n) is 3.98. The van der Waals surface area contributed by atoms with E-state index < -0.39 is 17.3 Å². The van der Waals surface area contributed by atoms with E-state index in [9.17, 15) is 9.59 Å². The van der Waals surface area contributed by atoms with Crippen molar-refractivity contribution in [2.75, 3.05) is 5.32 Å². The largest absolute Gasteiger partial charge is 0.480 e. The summed E-state index contributed by atoms with van der Waals surface area (Å²) in [6.45, 7) is 2.68. The van der Waals surface area contributed by atoms with Gasteiger partial charge in [0.1, 0.15) is 5.41 Å². The maximum Gasteiger partial charge on any atom is 0.318 e. The van der Waals surface area contributed by atoms with E-state index >= 15 is 0 Å². The number of carbonyl (C=O) groups is 2. The summed E-state index contributed by atoms with van der Waals surface area (Å²) >= 11 is 0. The quantitative estimate of drug-likeness (QED) is 0.613. The van der Waals surface area contributed by atoms with E-state index in [1.165, 1.54) is 26.2 Å². The van der Waals surface area contributed by atoms with Crippen molar-refractivity contribution in [2.24, 2.45) is 5.41 Å². The van der Waals surface area contributed by atoms with Crippen molar-refractivity contribution in [3.05, 3.63) is 12.4 Å². The molecule has 0 aliphatic heterocycles. The second-order valence-corrected chi connectivity index (χ2v) is 3.37. The molecule has 76 valence electrons. The highest BCUT2D eigenvalue weighted by Gasteiger charge is 2.36. The Bertz CT molecular complexity index is 343. The maximum absolute atomic E-state index is 11.4. The minimum atomic E-state index is -1.45. The molecule has 1 aromatic rings. The van der Waals surface area contributed by atoms with Crippen molar-refractivity contribution in [2.45, 2.75) is 13.8 Å². The molecule has 0 atom stereocenters. The number of H-pyrrole nitrogens is 1. The van der Waals surface area contributed by atoms with E-state index in [1.807, 2.05) is 0 Å². The van der Waals surface area contributed by atoms with Gasteiger partial charge in [0.25, 0.3) is 0 Å². The molecule has 0 aliphatic rings. The number of carboxylic acids is 1. The number of carbonyl (C=O) groups excluding carboxylic acids is 1. The molecule has 0 radical (unpaired) electrons. The zero-order valence-corrected chi connectivity index (χ0v) is 7.87. The smallest absolute Gasteiger partial charge is 0.318 e. The van der Waals surface area contributed by atoms with Crippen molar-refractivity contribution in [3.8, 4) is 0 Å². The van der Waals surface area contributed by atoms with E-state index in [0.717, 1.165) is 0 Å². The lowest BCUT2D eigenvalue weighted by atomic mass is 9.93. The number of aromatic amines is 1. The topological polar surface area (TPSA) is 95.1 Å². The molecule has 6 heteroatoms. The predicted octanol–water partition coefficient (Wildman–Crippen LogP) is 0.459. The number of aliphatic carboxylic acids is 1. The molecule has 0 fully saturated rings. The van der Waals surface area contributed by atoms with Gasteiger partial charge >= 0.3 is 5.97 Å². The summed E-state index contributed by atoms with van der Waals surface area (Å²) in [5, 5.41) is 17.3. The first kappa shape index (κ1) is 10.2. The third-order valence-electron chi connectivity index (χ3n) is 1.86. The van der Waals surface area contributed by atoms with Crippen LogP contribution < -0.4 is 5.32 Å². The highest BCUT2D eigenvalue weighted by atomic mass is 16.4. The van der Waals surface area contributed by atoms with Gasteiger partial charge in [-0.2, -0.15) is 5.10 Å². The normalized spacial score (nSPS) is 11.0. The number of nitrogens with zero attached hydrogens (tertiary/aromatic N) is 1. The molecule has 0 aliphatic carbocycles. The molecule has 0 bridgehead atoms. The molecule has 0 aromatic carbocycles. The minimum absolute atomic E-state index is 0.448. The van der Waals surface area contributed by atoms with Crippen LogP contribution in [0.5, 0.6) is 0 Å². The fraction of sp³-hybridized carbons (Fsp3) is 0.375. The fourth-order valence-electron chi connectivity index (χ4n) is 0.704. The van der Waals surface area contributed by atoms with E-state index in [4.69, 9.17) is 5.11 Å². The summed E-state index contributed by atoms with van der Waals surface area (Å²) in [6, 6.07) is 0. The van der Waals surface area contributed by atoms with Crippen LogP contribution in [-0.4, -0.2) is 27.2 Å². The van der Waals surface area contributed by atoms with Crippen LogP contribution in [0.3, 0.4) is 0 Å². The number of aromatic nitrogens is 2. The third kappa shape index (κ3) is 1.90. The lowest BCUT2D eigenvalue weighted by Crippen LogP contribution is -2.37. The molecule has 3 N–H and O–H groups in total. The average Bonchev–Trinajstić information content (AvgIpc) is 2.56. The Labute approximate surface area is 80.3 Å². The molecule has 1 amide bonds. The Hall–Kier alpha value is -1.85. The van der Waals surface area contributed by atoms with Crippen LogP contribution in [0.2, 0.25) is 0 Å². The van der Waals surface area contributed by atoms with Crippen LogP contribution in [0.4, 0.5) is 5.69 Å². The number of carboxylic acid groups (broad SMARTS) is 1. The molecule has 0 unspecified atom stereocenters. The first-order valence-corrected chi connectivity index (χ1v) is 3.98. The van der Waals surface area contributed by atoms with E-state index in [2.05, 4.69) is 15.5 Å². The molecule has 14 heavy (non-hydrogen) atoms. The Balaban J connectivity index is 2.72. The van der Waals surface area contributed by atoms with Crippen LogP contribution in [0, 0.1) is 5.41 Å². The molecule has 0 spiro atoms. The Morgan fingerprint density at radius 2 is 2.21 bits per heavy atom. The molecule has 0 saturated heterocycles. The summed E-state index contributed by atoms with van der Waals surface area (Å²) in [5.41, 5.74) is -0.999. The second kappa shape index (κ2) is 3.49. The van der Waals surface area contributed by atoms with Gasteiger partial charge in [-0.15, -0.1) is 0 Å². The van der Waals surface area contributed by atoms with Crippen LogP contribution in [0.1, 0.15) is 13.8 Å². The van der Waals surface area contributed by atoms with Crippen molar-refractivity contribution >= 4 is 17.6 Å². The summed E-state index contributed by atoms with van der Waals surface area (Å²) in [7, 11) is 0.